The lowest BCUT2D eigenvalue weighted by Crippen LogP contribution is -2.38. The molecule has 0 unspecified atom stereocenters. The van der Waals surface area contributed by atoms with Gasteiger partial charge in [-0.25, -0.2) is 4.68 Å². The number of aryl methyl sites for hydroxylation is 2. The SMILES string of the molecule is COc1c([C@H]2CCCN2CC(=O)N(C)Cc2ccco2)c(C)nn1C. The number of amides is 1. The Hall–Kier alpha value is -2.28. The van der Waals surface area contributed by atoms with E-state index in [2.05, 4.69) is 10.00 Å². The third-order valence-electron chi connectivity index (χ3n) is 4.84. The van der Waals surface area contributed by atoms with E-state index in [0.717, 1.165) is 42.3 Å². The summed E-state index contributed by atoms with van der Waals surface area (Å²) in [6.07, 6.45) is 3.71. The summed E-state index contributed by atoms with van der Waals surface area (Å²) in [5.74, 6) is 1.66. The fourth-order valence-corrected chi connectivity index (χ4v) is 3.64. The van der Waals surface area contributed by atoms with Gasteiger partial charge >= 0.3 is 0 Å². The molecule has 1 amide bonds. The molecule has 1 atom stereocenters. The Bertz CT molecular complexity index is 723. The summed E-state index contributed by atoms with van der Waals surface area (Å²) in [4.78, 5) is 16.6. The number of nitrogens with zero attached hydrogens (tertiary/aromatic N) is 4. The third-order valence-corrected chi connectivity index (χ3v) is 4.84. The van der Waals surface area contributed by atoms with Crippen LogP contribution in [0, 0.1) is 6.92 Å². The number of rotatable bonds is 6. The minimum Gasteiger partial charge on any atom is -0.481 e. The molecule has 0 bridgehead atoms. The number of furan rings is 1. The van der Waals surface area contributed by atoms with Crippen molar-refractivity contribution in [1.82, 2.24) is 19.6 Å². The molecule has 25 heavy (non-hydrogen) atoms. The number of carbonyl (C=O) groups excluding carboxylic acids is 1. The molecule has 7 nitrogen and oxygen atoms in total. The van der Waals surface area contributed by atoms with Gasteiger partial charge in [0.2, 0.25) is 11.8 Å². The maximum Gasteiger partial charge on any atom is 0.236 e. The second-order valence-corrected chi connectivity index (χ2v) is 6.59. The van der Waals surface area contributed by atoms with Crippen molar-refractivity contribution in [2.45, 2.75) is 32.4 Å². The lowest BCUT2D eigenvalue weighted by molar-refractivity contribution is -0.132. The quantitative estimate of drug-likeness (QED) is 0.802. The van der Waals surface area contributed by atoms with Crippen molar-refractivity contribution in [2.75, 3.05) is 27.2 Å². The summed E-state index contributed by atoms with van der Waals surface area (Å²) < 4.78 is 12.6. The molecule has 0 saturated carbocycles. The molecular weight excluding hydrogens is 320 g/mol. The molecular formula is C18H26N4O3. The van der Waals surface area contributed by atoms with Crippen LogP contribution in [0.2, 0.25) is 0 Å². The molecule has 1 saturated heterocycles. The van der Waals surface area contributed by atoms with Gasteiger partial charge in [0.05, 0.1) is 37.7 Å². The Kier molecular flexibility index (Phi) is 5.13. The number of ether oxygens (including phenoxy) is 1. The maximum atomic E-state index is 12.6. The van der Waals surface area contributed by atoms with Crippen LogP contribution in [0.4, 0.5) is 0 Å². The molecule has 0 aliphatic carbocycles. The number of likely N-dealkylation sites (tertiary alicyclic amines) is 1. The van der Waals surface area contributed by atoms with E-state index in [9.17, 15) is 4.79 Å². The highest BCUT2D eigenvalue weighted by atomic mass is 16.5. The predicted octanol–water partition coefficient (Wildman–Crippen LogP) is 2.13. The van der Waals surface area contributed by atoms with Crippen LogP contribution in [0.15, 0.2) is 22.8 Å². The van der Waals surface area contributed by atoms with Gasteiger partial charge in [-0.3, -0.25) is 9.69 Å². The third kappa shape index (κ3) is 3.56. The summed E-state index contributed by atoms with van der Waals surface area (Å²) in [6.45, 7) is 3.78. The monoisotopic (exact) mass is 346 g/mol. The van der Waals surface area contributed by atoms with Gasteiger partial charge in [-0.2, -0.15) is 5.10 Å². The van der Waals surface area contributed by atoms with Gasteiger partial charge in [-0.1, -0.05) is 0 Å². The van der Waals surface area contributed by atoms with Crippen LogP contribution < -0.4 is 4.74 Å². The van der Waals surface area contributed by atoms with Crippen LogP contribution in [0.1, 0.15) is 35.9 Å². The van der Waals surface area contributed by atoms with Crippen LogP contribution in [0.5, 0.6) is 5.88 Å². The second kappa shape index (κ2) is 7.31. The average Bonchev–Trinajstić information content (AvgIpc) is 3.28. The lowest BCUT2D eigenvalue weighted by atomic mass is 10.0. The molecule has 136 valence electrons. The summed E-state index contributed by atoms with van der Waals surface area (Å²) in [5.41, 5.74) is 2.07. The highest BCUT2D eigenvalue weighted by Crippen LogP contribution is 2.38. The first kappa shape index (κ1) is 17.5. The molecule has 2 aromatic heterocycles. The van der Waals surface area contributed by atoms with E-state index in [-0.39, 0.29) is 11.9 Å². The van der Waals surface area contributed by atoms with Crippen molar-refractivity contribution in [1.29, 1.82) is 0 Å². The molecule has 1 aliphatic heterocycles. The summed E-state index contributed by atoms with van der Waals surface area (Å²) in [7, 11) is 5.37. The Morgan fingerprint density at radius 1 is 1.52 bits per heavy atom. The van der Waals surface area contributed by atoms with E-state index in [0.29, 0.717) is 13.1 Å². The lowest BCUT2D eigenvalue weighted by Gasteiger charge is -2.26. The molecule has 0 N–H and O–H groups in total. The fourth-order valence-electron chi connectivity index (χ4n) is 3.64. The van der Waals surface area contributed by atoms with Crippen molar-refractivity contribution >= 4 is 5.91 Å². The van der Waals surface area contributed by atoms with Crippen LogP contribution in [-0.2, 0) is 18.4 Å². The van der Waals surface area contributed by atoms with Crippen molar-refractivity contribution in [3.8, 4) is 5.88 Å². The number of hydrogen-bond acceptors (Lipinski definition) is 5. The number of carbonyl (C=O) groups is 1. The van der Waals surface area contributed by atoms with Gasteiger partial charge in [0.1, 0.15) is 5.76 Å². The minimum atomic E-state index is 0.0869. The van der Waals surface area contributed by atoms with Crippen LogP contribution in [0.25, 0.3) is 0 Å². The highest BCUT2D eigenvalue weighted by molar-refractivity contribution is 5.78. The second-order valence-electron chi connectivity index (χ2n) is 6.59. The molecule has 0 aromatic carbocycles. The Balaban J connectivity index is 1.71. The summed E-state index contributed by atoms with van der Waals surface area (Å²) >= 11 is 0. The Labute approximate surface area is 148 Å². The summed E-state index contributed by atoms with van der Waals surface area (Å²) in [5, 5.41) is 4.48. The van der Waals surface area contributed by atoms with Gasteiger partial charge in [-0.05, 0) is 38.4 Å². The zero-order valence-electron chi connectivity index (χ0n) is 15.4. The van der Waals surface area contributed by atoms with Gasteiger partial charge in [0, 0.05) is 20.1 Å². The molecule has 7 heteroatoms. The first-order valence-electron chi connectivity index (χ1n) is 8.59. The van der Waals surface area contributed by atoms with E-state index < -0.39 is 0 Å². The number of likely N-dealkylation sites (N-methyl/N-ethyl adjacent to an activating group) is 1. The number of hydrogen-bond donors (Lipinski definition) is 0. The molecule has 2 aromatic rings. The average molecular weight is 346 g/mol. The normalized spacial score (nSPS) is 17.8. The van der Waals surface area contributed by atoms with Gasteiger partial charge in [-0.15, -0.1) is 0 Å². The van der Waals surface area contributed by atoms with Crippen molar-refractivity contribution < 1.29 is 13.9 Å². The number of aromatic nitrogens is 2. The minimum absolute atomic E-state index is 0.0869. The zero-order valence-corrected chi connectivity index (χ0v) is 15.4. The summed E-state index contributed by atoms with van der Waals surface area (Å²) in [6, 6.07) is 3.89. The van der Waals surface area contributed by atoms with Crippen molar-refractivity contribution in [3.63, 3.8) is 0 Å². The first-order valence-corrected chi connectivity index (χ1v) is 8.59. The van der Waals surface area contributed by atoms with E-state index in [1.54, 1.807) is 23.0 Å². The van der Waals surface area contributed by atoms with Crippen LogP contribution in [0.3, 0.4) is 0 Å². The Morgan fingerprint density at radius 2 is 2.32 bits per heavy atom. The molecule has 1 fully saturated rings. The largest absolute Gasteiger partial charge is 0.481 e. The molecule has 0 spiro atoms. The Morgan fingerprint density at radius 3 is 3.00 bits per heavy atom. The van der Waals surface area contributed by atoms with E-state index >= 15 is 0 Å². The fraction of sp³-hybridized carbons (Fsp3) is 0.556. The molecule has 3 heterocycles. The van der Waals surface area contributed by atoms with Crippen LogP contribution in [-0.4, -0.2) is 52.7 Å². The predicted molar refractivity (Wildman–Crippen MR) is 93.2 cm³/mol. The van der Waals surface area contributed by atoms with E-state index in [4.69, 9.17) is 9.15 Å². The number of methoxy groups -OCH3 is 1. The van der Waals surface area contributed by atoms with Crippen molar-refractivity contribution in [2.24, 2.45) is 7.05 Å². The standard InChI is InChI=1S/C18H26N4O3/c1-13-17(18(24-4)21(3)19-13)15-8-5-9-22(15)12-16(23)20(2)11-14-7-6-10-25-14/h6-7,10,15H,5,8-9,11-12H2,1-4H3/t15-/m1/s1. The maximum absolute atomic E-state index is 12.6. The highest BCUT2D eigenvalue weighted by Gasteiger charge is 2.33. The zero-order chi connectivity index (χ0) is 18.0. The molecule has 3 rings (SSSR count). The van der Waals surface area contributed by atoms with Gasteiger partial charge in [0.15, 0.2) is 0 Å². The first-order chi connectivity index (χ1) is 12.0. The van der Waals surface area contributed by atoms with E-state index in [1.165, 1.54) is 0 Å². The van der Waals surface area contributed by atoms with Gasteiger partial charge < -0.3 is 14.1 Å². The van der Waals surface area contributed by atoms with Gasteiger partial charge in [0.25, 0.3) is 0 Å². The smallest absolute Gasteiger partial charge is 0.236 e. The molecule has 1 aliphatic rings. The van der Waals surface area contributed by atoms with Crippen molar-refractivity contribution in [3.05, 3.63) is 35.4 Å². The topological polar surface area (TPSA) is 63.7 Å². The van der Waals surface area contributed by atoms with E-state index in [1.807, 2.05) is 33.2 Å². The molecule has 0 radical (unpaired) electrons. The van der Waals surface area contributed by atoms with Crippen LogP contribution >= 0.6 is 0 Å².